The Balaban J connectivity index is 0.810. The fourth-order valence-electron chi connectivity index (χ4n) is 9.21. The Morgan fingerprint density at radius 3 is 2.52 bits per heavy atom. The van der Waals surface area contributed by atoms with Crippen molar-refractivity contribution in [1.82, 2.24) is 14.7 Å². The van der Waals surface area contributed by atoms with Crippen LogP contribution >= 0.6 is 0 Å². The first kappa shape index (κ1) is 35.7. The van der Waals surface area contributed by atoms with Crippen molar-refractivity contribution >= 4 is 51.5 Å². The molecule has 4 fully saturated rings. The molecular formula is C42H39FN6O7. The van der Waals surface area contributed by atoms with Gasteiger partial charge in [-0.1, -0.05) is 30.3 Å². The first-order chi connectivity index (χ1) is 27.2. The largest absolute Gasteiger partial charge is 0.494 e. The molecule has 4 aliphatic heterocycles. The SMILES string of the molecule is O=C1CN=C(Cc2ccc(F)c(C(=O)N3CCN(CCCOc4ccc5c([N+](=O)[O-])ccc(N6C(=O)[C@H]7[C@H]8CC[C@H](C8)N7C6=O)c5c4)CC3)c2)c2ccccc21. The number of halogens is 1. The van der Waals surface area contributed by atoms with Crippen LogP contribution in [0.3, 0.4) is 0 Å². The highest BCUT2D eigenvalue weighted by atomic mass is 19.1. The van der Waals surface area contributed by atoms with Gasteiger partial charge < -0.3 is 14.5 Å². The van der Waals surface area contributed by atoms with Gasteiger partial charge in [0.05, 0.1) is 28.2 Å². The van der Waals surface area contributed by atoms with Crippen LogP contribution in [0.25, 0.3) is 10.8 Å². The number of nitro benzene ring substituents is 1. The number of imide groups is 1. The summed E-state index contributed by atoms with van der Waals surface area (Å²) in [5, 5.41) is 12.6. The molecule has 4 amide bonds. The molecule has 286 valence electrons. The standard InChI is InChI=1S/C42H39FN6O7/c43-34-11-6-25(21-35-29-4-1-2-5-31(29)38(50)24-44-35)20-33(34)40(51)46-17-15-45(16-18-46)14-3-19-56-28-9-10-30-32(23-28)36(12-13-37(30)49(54)55)48-41(52)39-26-7-8-27(22-26)47(39)42(48)53/h1-2,4-6,9-13,20,23,26-27,39H,3,7-8,14-19,21-22,24H2/t26-,27+,39+/m0/s1. The maximum absolute atomic E-state index is 15.0. The molecule has 14 heteroatoms. The van der Waals surface area contributed by atoms with E-state index >= 15 is 4.39 Å². The van der Waals surface area contributed by atoms with E-state index in [1.807, 2.05) is 18.2 Å². The third kappa shape index (κ3) is 6.17. The van der Waals surface area contributed by atoms with Gasteiger partial charge in [0.2, 0.25) is 0 Å². The van der Waals surface area contributed by atoms with Crippen molar-refractivity contribution in [1.29, 1.82) is 0 Å². The molecule has 0 spiro atoms. The topological polar surface area (TPSA) is 146 Å². The number of fused-ring (bicyclic) bond motifs is 7. The number of Topliss-reactive ketones (excluding diaryl/α,β-unsaturated/α-hetero) is 1. The number of amides is 4. The molecule has 9 rings (SSSR count). The van der Waals surface area contributed by atoms with Gasteiger partial charge in [0.25, 0.3) is 17.5 Å². The van der Waals surface area contributed by atoms with Crippen LogP contribution < -0.4 is 9.64 Å². The highest BCUT2D eigenvalue weighted by molar-refractivity contribution is 6.25. The van der Waals surface area contributed by atoms with Crippen molar-refractivity contribution in [3.63, 3.8) is 0 Å². The number of ketones is 1. The van der Waals surface area contributed by atoms with Gasteiger partial charge in [-0.3, -0.25) is 34.4 Å². The van der Waals surface area contributed by atoms with Crippen molar-refractivity contribution in [3.8, 4) is 5.75 Å². The number of hydrogen-bond donors (Lipinski definition) is 0. The number of non-ortho nitro benzene ring substituents is 1. The number of benzene rings is 4. The molecular weight excluding hydrogens is 719 g/mol. The number of anilines is 1. The third-order valence-electron chi connectivity index (χ3n) is 12.0. The van der Waals surface area contributed by atoms with E-state index in [2.05, 4.69) is 9.89 Å². The van der Waals surface area contributed by atoms with Crippen LogP contribution in [0, 0.1) is 21.8 Å². The Bertz CT molecular complexity index is 2330. The lowest BCUT2D eigenvalue weighted by Gasteiger charge is -2.34. The molecule has 4 aromatic carbocycles. The second kappa shape index (κ2) is 14.2. The zero-order valence-corrected chi connectivity index (χ0v) is 30.6. The maximum Gasteiger partial charge on any atom is 0.332 e. The van der Waals surface area contributed by atoms with E-state index in [4.69, 9.17) is 4.74 Å². The number of rotatable bonds is 10. The van der Waals surface area contributed by atoms with Crippen molar-refractivity contribution in [3.05, 3.63) is 111 Å². The van der Waals surface area contributed by atoms with Crippen molar-refractivity contribution in [2.24, 2.45) is 10.9 Å². The Morgan fingerprint density at radius 1 is 0.929 bits per heavy atom. The Morgan fingerprint density at radius 2 is 1.73 bits per heavy atom. The van der Waals surface area contributed by atoms with E-state index in [0.717, 1.165) is 36.1 Å². The minimum atomic E-state index is -0.583. The van der Waals surface area contributed by atoms with Crippen molar-refractivity contribution in [2.45, 2.75) is 44.2 Å². The van der Waals surface area contributed by atoms with Crippen LogP contribution in [0.15, 0.2) is 77.8 Å². The number of nitrogens with zero attached hydrogens (tertiary/aromatic N) is 6. The lowest BCUT2D eigenvalue weighted by Crippen LogP contribution is -2.49. The molecule has 4 heterocycles. The lowest BCUT2D eigenvalue weighted by atomic mass is 9.92. The molecule has 3 atom stereocenters. The van der Waals surface area contributed by atoms with E-state index < -0.39 is 16.8 Å². The number of piperidine rings is 1. The summed E-state index contributed by atoms with van der Waals surface area (Å²) in [7, 11) is 0. The predicted molar refractivity (Wildman–Crippen MR) is 205 cm³/mol. The second-order valence-electron chi connectivity index (χ2n) is 15.2. The van der Waals surface area contributed by atoms with Gasteiger partial charge in [-0.25, -0.2) is 14.1 Å². The summed E-state index contributed by atoms with van der Waals surface area (Å²) >= 11 is 0. The van der Waals surface area contributed by atoms with E-state index in [1.165, 1.54) is 23.1 Å². The van der Waals surface area contributed by atoms with Crippen LogP contribution in [-0.2, 0) is 11.2 Å². The minimum absolute atomic E-state index is 0.0138. The third-order valence-corrected chi connectivity index (χ3v) is 12.0. The molecule has 13 nitrogen and oxygen atoms in total. The van der Waals surface area contributed by atoms with E-state index in [9.17, 15) is 29.3 Å². The van der Waals surface area contributed by atoms with Gasteiger partial charge in [-0.15, -0.1) is 0 Å². The molecule has 2 bridgehead atoms. The Kier molecular flexibility index (Phi) is 9.07. The van der Waals surface area contributed by atoms with Gasteiger partial charge in [-0.05, 0) is 73.6 Å². The number of carbonyl (C=O) groups excluding carboxylic acids is 4. The van der Waals surface area contributed by atoms with Gasteiger partial charge in [0.15, 0.2) is 5.78 Å². The normalized spacial score (nSPS) is 21.8. The fourth-order valence-corrected chi connectivity index (χ4v) is 9.21. The zero-order chi connectivity index (χ0) is 38.7. The average molecular weight is 759 g/mol. The number of piperazine rings is 1. The predicted octanol–water partition coefficient (Wildman–Crippen LogP) is 5.66. The number of hydrogen-bond acceptors (Lipinski definition) is 9. The van der Waals surface area contributed by atoms with Crippen LogP contribution in [0.4, 0.5) is 20.6 Å². The Hall–Kier alpha value is -6.02. The molecule has 0 aromatic heterocycles. The molecule has 0 radical (unpaired) electrons. The fraction of sp³-hybridized carbons (Fsp3) is 0.357. The maximum atomic E-state index is 15.0. The minimum Gasteiger partial charge on any atom is -0.494 e. The smallest absolute Gasteiger partial charge is 0.332 e. The highest BCUT2D eigenvalue weighted by Crippen LogP contribution is 2.48. The molecule has 1 saturated carbocycles. The van der Waals surface area contributed by atoms with E-state index in [-0.39, 0.29) is 53.4 Å². The molecule has 0 N–H and O–H groups in total. The molecule has 5 aliphatic rings. The van der Waals surface area contributed by atoms with Crippen LogP contribution in [0.1, 0.15) is 57.5 Å². The van der Waals surface area contributed by atoms with Gasteiger partial charge in [0.1, 0.15) is 24.2 Å². The summed E-state index contributed by atoms with van der Waals surface area (Å²) in [5.74, 6) is -0.652. The monoisotopic (exact) mass is 758 g/mol. The molecule has 56 heavy (non-hydrogen) atoms. The van der Waals surface area contributed by atoms with E-state index in [1.54, 1.807) is 46.2 Å². The number of carbonyl (C=O) groups is 4. The highest BCUT2D eigenvalue weighted by Gasteiger charge is 2.59. The molecule has 1 aliphatic carbocycles. The van der Waals surface area contributed by atoms with Crippen LogP contribution in [0.2, 0.25) is 0 Å². The second-order valence-corrected chi connectivity index (χ2v) is 15.2. The number of ether oxygens (including phenoxy) is 1. The average Bonchev–Trinajstić information content (AvgIpc) is 3.91. The number of nitro groups is 1. The Labute approximate surface area is 321 Å². The summed E-state index contributed by atoms with van der Waals surface area (Å²) < 4.78 is 21.1. The van der Waals surface area contributed by atoms with Crippen molar-refractivity contribution in [2.75, 3.05) is 50.8 Å². The first-order valence-corrected chi connectivity index (χ1v) is 19.1. The summed E-state index contributed by atoms with van der Waals surface area (Å²) in [4.78, 5) is 75.7. The van der Waals surface area contributed by atoms with Gasteiger partial charge in [-0.2, -0.15) is 0 Å². The number of urea groups is 1. The van der Waals surface area contributed by atoms with Crippen LogP contribution in [-0.4, -0.2) is 107 Å². The summed E-state index contributed by atoms with van der Waals surface area (Å²) in [6, 6.07) is 18.8. The zero-order valence-electron chi connectivity index (χ0n) is 30.6. The lowest BCUT2D eigenvalue weighted by molar-refractivity contribution is -0.383. The first-order valence-electron chi connectivity index (χ1n) is 19.1. The molecule has 3 saturated heterocycles. The summed E-state index contributed by atoms with van der Waals surface area (Å²) in [6.45, 7) is 3.19. The van der Waals surface area contributed by atoms with Crippen molar-refractivity contribution < 1.29 is 33.2 Å². The van der Waals surface area contributed by atoms with Gasteiger partial charge >= 0.3 is 6.03 Å². The van der Waals surface area contributed by atoms with Gasteiger partial charge in [0, 0.05) is 73.5 Å². The quantitative estimate of drug-likeness (QED) is 0.0872. The molecule has 0 unspecified atom stereocenters. The summed E-state index contributed by atoms with van der Waals surface area (Å²) in [5.41, 5.74) is 3.07. The summed E-state index contributed by atoms with van der Waals surface area (Å²) in [6.07, 6.45) is 3.68. The van der Waals surface area contributed by atoms with E-state index in [0.29, 0.717) is 79.9 Å². The molecule has 4 aromatic rings. The number of aliphatic imine (C=N–C) groups is 1. The van der Waals surface area contributed by atoms with Crippen LogP contribution in [0.5, 0.6) is 5.75 Å².